The lowest BCUT2D eigenvalue weighted by atomic mass is 10.1. The van der Waals surface area contributed by atoms with Gasteiger partial charge >= 0.3 is 0 Å². The molecule has 0 saturated carbocycles. The highest BCUT2D eigenvalue weighted by Crippen LogP contribution is 2.19. The molecular weight excluding hydrogens is 373 g/mol. The topological polar surface area (TPSA) is 49.0 Å². The van der Waals surface area contributed by atoms with E-state index in [4.69, 9.17) is 0 Å². The van der Waals surface area contributed by atoms with E-state index in [1.807, 2.05) is 29.5 Å². The van der Waals surface area contributed by atoms with E-state index >= 15 is 0 Å². The minimum Gasteiger partial charge on any atom is -0.346 e. The Morgan fingerprint density at radius 3 is 2.86 bits per heavy atom. The molecule has 0 saturated heterocycles. The van der Waals surface area contributed by atoms with Crippen LogP contribution in [0.3, 0.4) is 0 Å². The molecule has 6 heteroatoms. The van der Waals surface area contributed by atoms with Crippen LogP contribution in [0, 0.1) is 5.82 Å². The van der Waals surface area contributed by atoms with Crippen molar-refractivity contribution in [3.63, 3.8) is 0 Å². The number of rotatable bonds is 10. The summed E-state index contributed by atoms with van der Waals surface area (Å²) in [4.78, 5) is 14.0. The number of hydrogen-bond acceptors (Lipinski definition) is 3. The van der Waals surface area contributed by atoms with E-state index in [0.29, 0.717) is 6.42 Å². The van der Waals surface area contributed by atoms with Gasteiger partial charge in [0.25, 0.3) is 0 Å². The van der Waals surface area contributed by atoms with E-state index < -0.39 is 0 Å². The third-order valence-electron chi connectivity index (χ3n) is 4.82. The maximum Gasteiger partial charge on any atom is 0.222 e. The molecule has 0 bridgehead atoms. The second kappa shape index (κ2) is 10.2. The summed E-state index contributed by atoms with van der Waals surface area (Å²) in [6.07, 6.45) is 5.37. The number of aromatic nitrogens is 2. The van der Waals surface area contributed by atoms with Crippen molar-refractivity contribution in [2.45, 2.75) is 38.5 Å². The number of unbranched alkanes of at least 4 members (excludes halogenated alkanes) is 2. The Balaban J connectivity index is 1.33. The third-order valence-corrected chi connectivity index (χ3v) is 5.56. The molecule has 1 N–H and O–H groups in total. The molecule has 3 rings (SSSR count). The minimum absolute atomic E-state index is 0.208. The third kappa shape index (κ3) is 6.02. The van der Waals surface area contributed by atoms with Gasteiger partial charge in [0.1, 0.15) is 5.82 Å². The molecule has 0 atom stereocenters. The van der Waals surface area contributed by atoms with E-state index in [1.165, 1.54) is 17.7 Å². The second-order valence-corrected chi connectivity index (χ2v) is 7.83. The highest BCUT2D eigenvalue weighted by Gasteiger charge is 2.09. The van der Waals surface area contributed by atoms with Gasteiger partial charge in [-0.1, -0.05) is 18.6 Å². The number of hydrogen-bond donors (Lipinski definition) is 1. The fourth-order valence-electron chi connectivity index (χ4n) is 3.13. The fraction of sp³-hybridized carbons (Fsp3) is 0.364. The van der Waals surface area contributed by atoms with Crippen LogP contribution in [0.5, 0.6) is 0 Å². The van der Waals surface area contributed by atoms with Gasteiger partial charge in [-0.25, -0.2) is 4.39 Å². The molecule has 0 unspecified atom stereocenters. The standard InChI is InChI=1S/C22H26FN3OS/c1-26(22(27)10-9-17-11-13-28-16-17)12-4-2-3-8-20-15-21(25-24-20)18-6-5-7-19(23)14-18/h5-7,11,13-16H,2-4,8-10,12H2,1H3,(H,24,25). The molecule has 0 aliphatic carbocycles. The number of nitrogens with one attached hydrogen (secondary N) is 1. The number of H-pyrrole nitrogens is 1. The van der Waals surface area contributed by atoms with Crippen LogP contribution < -0.4 is 0 Å². The Morgan fingerprint density at radius 2 is 2.07 bits per heavy atom. The summed E-state index contributed by atoms with van der Waals surface area (Å²) in [5.74, 6) is -0.0458. The summed E-state index contributed by atoms with van der Waals surface area (Å²) < 4.78 is 13.3. The van der Waals surface area contributed by atoms with E-state index in [0.717, 1.165) is 55.6 Å². The van der Waals surface area contributed by atoms with Crippen LogP contribution in [0.15, 0.2) is 47.2 Å². The number of thiophene rings is 1. The summed E-state index contributed by atoms with van der Waals surface area (Å²) in [7, 11) is 1.89. The smallest absolute Gasteiger partial charge is 0.222 e. The molecule has 1 amide bonds. The van der Waals surface area contributed by atoms with Crippen molar-refractivity contribution in [3.8, 4) is 11.3 Å². The first kappa shape index (κ1) is 20.3. The second-order valence-electron chi connectivity index (χ2n) is 7.05. The fourth-order valence-corrected chi connectivity index (χ4v) is 3.83. The van der Waals surface area contributed by atoms with Gasteiger partial charge in [0.15, 0.2) is 0 Å². The number of aromatic amines is 1. The van der Waals surface area contributed by atoms with Gasteiger partial charge in [-0.15, -0.1) is 0 Å². The predicted molar refractivity (Wildman–Crippen MR) is 112 cm³/mol. The zero-order chi connectivity index (χ0) is 19.8. The predicted octanol–water partition coefficient (Wildman–Crippen LogP) is 5.08. The molecule has 0 spiro atoms. The first-order valence-corrected chi connectivity index (χ1v) is 10.6. The number of nitrogens with zero attached hydrogens (tertiary/aromatic N) is 2. The van der Waals surface area contributed by atoms with Gasteiger partial charge in [0, 0.05) is 31.3 Å². The molecule has 0 aliphatic heterocycles. The molecule has 4 nitrogen and oxygen atoms in total. The lowest BCUT2D eigenvalue weighted by molar-refractivity contribution is -0.129. The van der Waals surface area contributed by atoms with E-state index in [1.54, 1.807) is 17.4 Å². The normalized spacial score (nSPS) is 10.9. The van der Waals surface area contributed by atoms with Crippen LogP contribution in [-0.4, -0.2) is 34.6 Å². The van der Waals surface area contributed by atoms with Crippen molar-refractivity contribution in [3.05, 3.63) is 64.2 Å². The molecule has 2 aromatic heterocycles. The molecule has 0 aliphatic rings. The zero-order valence-corrected chi connectivity index (χ0v) is 17.0. The summed E-state index contributed by atoms with van der Waals surface area (Å²) >= 11 is 1.67. The van der Waals surface area contributed by atoms with Gasteiger partial charge in [-0.3, -0.25) is 9.89 Å². The number of amides is 1. The van der Waals surface area contributed by atoms with Crippen LogP contribution >= 0.6 is 11.3 Å². The van der Waals surface area contributed by atoms with Gasteiger partial charge in [-0.05, 0) is 66.3 Å². The minimum atomic E-state index is -0.254. The van der Waals surface area contributed by atoms with Crippen LogP contribution in [0.25, 0.3) is 11.3 Å². The average molecular weight is 400 g/mol. The monoisotopic (exact) mass is 399 g/mol. The van der Waals surface area contributed by atoms with Crippen LogP contribution in [0.4, 0.5) is 4.39 Å². The first-order valence-electron chi connectivity index (χ1n) is 9.67. The van der Waals surface area contributed by atoms with Crippen molar-refractivity contribution in [2.75, 3.05) is 13.6 Å². The van der Waals surface area contributed by atoms with Gasteiger partial charge < -0.3 is 4.90 Å². The zero-order valence-electron chi connectivity index (χ0n) is 16.2. The van der Waals surface area contributed by atoms with E-state index in [-0.39, 0.29) is 11.7 Å². The van der Waals surface area contributed by atoms with Crippen molar-refractivity contribution in [1.82, 2.24) is 15.1 Å². The van der Waals surface area contributed by atoms with E-state index in [9.17, 15) is 9.18 Å². The number of aryl methyl sites for hydroxylation is 2. The van der Waals surface area contributed by atoms with E-state index in [2.05, 4.69) is 21.6 Å². The number of carbonyl (C=O) groups excluding carboxylic acids is 1. The van der Waals surface area contributed by atoms with Crippen LogP contribution in [0.1, 0.15) is 36.9 Å². The molecule has 0 radical (unpaired) electrons. The maximum absolute atomic E-state index is 13.3. The van der Waals surface area contributed by atoms with Crippen molar-refractivity contribution in [2.24, 2.45) is 0 Å². The maximum atomic E-state index is 13.3. The molecule has 28 heavy (non-hydrogen) atoms. The quantitative estimate of drug-likeness (QED) is 0.483. The molecule has 2 heterocycles. The van der Waals surface area contributed by atoms with Gasteiger partial charge in [-0.2, -0.15) is 16.4 Å². The molecular formula is C22H26FN3OS. The highest BCUT2D eigenvalue weighted by molar-refractivity contribution is 7.07. The lowest BCUT2D eigenvalue weighted by Gasteiger charge is -2.16. The number of benzene rings is 1. The Hall–Kier alpha value is -2.47. The summed E-state index contributed by atoms with van der Waals surface area (Å²) in [6, 6.07) is 10.5. The first-order chi connectivity index (χ1) is 13.6. The summed E-state index contributed by atoms with van der Waals surface area (Å²) in [6.45, 7) is 0.792. The Kier molecular flexibility index (Phi) is 7.37. The Bertz CT molecular complexity index is 876. The number of carbonyl (C=O) groups is 1. The van der Waals surface area contributed by atoms with Crippen molar-refractivity contribution >= 4 is 17.2 Å². The number of halogens is 1. The van der Waals surface area contributed by atoms with Gasteiger partial charge in [0.05, 0.1) is 5.69 Å². The summed E-state index contributed by atoms with van der Waals surface area (Å²) in [5.41, 5.74) is 3.85. The largest absolute Gasteiger partial charge is 0.346 e. The Labute approximate surface area is 169 Å². The molecule has 0 fully saturated rings. The summed E-state index contributed by atoms with van der Waals surface area (Å²) in [5, 5.41) is 11.5. The molecule has 1 aromatic carbocycles. The van der Waals surface area contributed by atoms with Crippen LogP contribution in [0.2, 0.25) is 0 Å². The van der Waals surface area contributed by atoms with Gasteiger partial charge in [0.2, 0.25) is 5.91 Å². The average Bonchev–Trinajstić information content (AvgIpc) is 3.37. The van der Waals surface area contributed by atoms with Crippen molar-refractivity contribution in [1.29, 1.82) is 0 Å². The Morgan fingerprint density at radius 1 is 1.18 bits per heavy atom. The SMILES string of the molecule is CN(CCCCCc1cc(-c2cccc(F)c2)n[nH]1)C(=O)CCc1ccsc1. The van der Waals surface area contributed by atoms with Crippen LogP contribution in [-0.2, 0) is 17.6 Å². The lowest BCUT2D eigenvalue weighted by Crippen LogP contribution is -2.27. The highest BCUT2D eigenvalue weighted by atomic mass is 32.1. The molecule has 148 valence electrons. The molecule has 3 aromatic rings. The van der Waals surface area contributed by atoms with Crippen molar-refractivity contribution < 1.29 is 9.18 Å².